The first kappa shape index (κ1) is 16.1. The summed E-state index contributed by atoms with van der Waals surface area (Å²) >= 11 is 17.5. The largest absolute Gasteiger partial charge is 0.362 e. The lowest BCUT2D eigenvalue weighted by molar-refractivity contribution is 0.878. The van der Waals surface area contributed by atoms with E-state index in [2.05, 4.69) is 15.6 Å². The van der Waals surface area contributed by atoms with Crippen molar-refractivity contribution in [2.24, 2.45) is 0 Å². The molecule has 0 spiro atoms. The predicted octanol–water partition coefficient (Wildman–Crippen LogP) is 5.00. The molecular formula is C17H15Cl2N3S. The van der Waals surface area contributed by atoms with Crippen molar-refractivity contribution in [3.05, 3.63) is 64.3 Å². The van der Waals surface area contributed by atoms with Crippen molar-refractivity contribution in [1.82, 2.24) is 10.3 Å². The summed E-state index contributed by atoms with van der Waals surface area (Å²) in [6.45, 7) is 0.718. The van der Waals surface area contributed by atoms with Gasteiger partial charge in [-0.1, -0.05) is 35.3 Å². The molecule has 0 aliphatic carbocycles. The maximum atomic E-state index is 6.10. The van der Waals surface area contributed by atoms with Crippen LogP contribution < -0.4 is 10.6 Å². The summed E-state index contributed by atoms with van der Waals surface area (Å²) in [4.78, 5) is 3.25. The summed E-state index contributed by atoms with van der Waals surface area (Å²) in [5.74, 6) is 0. The lowest BCUT2D eigenvalue weighted by atomic mass is 10.1. The van der Waals surface area contributed by atoms with E-state index in [1.54, 1.807) is 0 Å². The van der Waals surface area contributed by atoms with Crippen molar-refractivity contribution in [2.45, 2.75) is 6.42 Å². The Morgan fingerprint density at radius 1 is 1.13 bits per heavy atom. The number of H-pyrrole nitrogens is 1. The molecular weight excluding hydrogens is 349 g/mol. The Morgan fingerprint density at radius 2 is 1.96 bits per heavy atom. The van der Waals surface area contributed by atoms with E-state index in [1.165, 1.54) is 5.56 Å². The SMILES string of the molecule is S=C(NCCc1c[nH]c2ccc(Cl)cc12)Nc1ccccc1Cl. The quantitative estimate of drug-likeness (QED) is 0.571. The van der Waals surface area contributed by atoms with Gasteiger partial charge in [0.05, 0.1) is 10.7 Å². The number of halogens is 2. The molecule has 0 radical (unpaired) electrons. The number of thiocarbonyl (C=S) groups is 1. The zero-order chi connectivity index (χ0) is 16.2. The molecule has 2 aromatic carbocycles. The van der Waals surface area contributed by atoms with E-state index in [9.17, 15) is 0 Å². The molecule has 3 rings (SSSR count). The molecule has 0 saturated carbocycles. The van der Waals surface area contributed by atoms with Crippen molar-refractivity contribution in [2.75, 3.05) is 11.9 Å². The summed E-state index contributed by atoms with van der Waals surface area (Å²) in [6, 6.07) is 13.3. The predicted molar refractivity (Wildman–Crippen MR) is 103 cm³/mol. The van der Waals surface area contributed by atoms with Gasteiger partial charge in [-0.3, -0.25) is 0 Å². The van der Waals surface area contributed by atoms with E-state index in [0.29, 0.717) is 10.1 Å². The van der Waals surface area contributed by atoms with Crippen LogP contribution in [0.15, 0.2) is 48.7 Å². The minimum atomic E-state index is 0.552. The first-order valence-electron chi connectivity index (χ1n) is 7.18. The number of fused-ring (bicyclic) bond motifs is 1. The molecule has 3 aromatic rings. The summed E-state index contributed by atoms with van der Waals surface area (Å²) in [5.41, 5.74) is 3.09. The Hall–Kier alpha value is -1.75. The first-order chi connectivity index (χ1) is 11.1. The molecule has 0 aliphatic rings. The lowest BCUT2D eigenvalue weighted by Gasteiger charge is -2.11. The Kier molecular flexibility index (Phi) is 5.06. The molecule has 3 N–H and O–H groups in total. The first-order valence-corrected chi connectivity index (χ1v) is 8.35. The van der Waals surface area contributed by atoms with Gasteiger partial charge in [-0.15, -0.1) is 0 Å². The van der Waals surface area contributed by atoms with Crippen LogP contribution in [-0.4, -0.2) is 16.6 Å². The number of rotatable bonds is 4. The average molecular weight is 364 g/mol. The monoisotopic (exact) mass is 363 g/mol. The molecule has 0 fully saturated rings. The third-order valence-electron chi connectivity index (χ3n) is 3.53. The second-order valence-electron chi connectivity index (χ2n) is 5.11. The van der Waals surface area contributed by atoms with Crippen molar-refractivity contribution in [3.8, 4) is 0 Å². The van der Waals surface area contributed by atoms with E-state index in [4.69, 9.17) is 35.4 Å². The van der Waals surface area contributed by atoms with Crippen molar-refractivity contribution >= 4 is 57.1 Å². The number of hydrogen-bond acceptors (Lipinski definition) is 1. The van der Waals surface area contributed by atoms with Gasteiger partial charge in [-0.05, 0) is 54.5 Å². The summed E-state index contributed by atoms with van der Waals surface area (Å²) in [7, 11) is 0. The second kappa shape index (κ2) is 7.21. The molecule has 0 aliphatic heterocycles. The van der Waals surface area contributed by atoms with E-state index in [0.717, 1.165) is 34.6 Å². The zero-order valence-electron chi connectivity index (χ0n) is 12.2. The van der Waals surface area contributed by atoms with Crippen LogP contribution in [0.1, 0.15) is 5.56 Å². The molecule has 3 nitrogen and oxygen atoms in total. The van der Waals surface area contributed by atoms with Crippen molar-refractivity contribution in [3.63, 3.8) is 0 Å². The van der Waals surface area contributed by atoms with Gasteiger partial charge < -0.3 is 15.6 Å². The highest BCUT2D eigenvalue weighted by Crippen LogP contribution is 2.23. The van der Waals surface area contributed by atoms with Crippen LogP contribution in [0.25, 0.3) is 10.9 Å². The molecule has 23 heavy (non-hydrogen) atoms. The fourth-order valence-electron chi connectivity index (χ4n) is 2.40. The van der Waals surface area contributed by atoms with Gasteiger partial charge in [0.1, 0.15) is 0 Å². The molecule has 0 bridgehead atoms. The van der Waals surface area contributed by atoms with E-state index < -0.39 is 0 Å². The Labute approximate surface area is 150 Å². The minimum Gasteiger partial charge on any atom is -0.362 e. The van der Waals surface area contributed by atoms with E-state index >= 15 is 0 Å². The van der Waals surface area contributed by atoms with Gasteiger partial charge in [0.2, 0.25) is 0 Å². The summed E-state index contributed by atoms with van der Waals surface area (Å²) in [6.07, 6.45) is 2.85. The van der Waals surface area contributed by atoms with Crippen LogP contribution in [-0.2, 0) is 6.42 Å². The topological polar surface area (TPSA) is 39.9 Å². The second-order valence-corrected chi connectivity index (χ2v) is 6.37. The lowest BCUT2D eigenvalue weighted by Crippen LogP contribution is -2.30. The Bertz CT molecular complexity index is 845. The van der Waals surface area contributed by atoms with Crippen LogP contribution in [0, 0.1) is 0 Å². The fourth-order valence-corrected chi connectivity index (χ4v) is 2.96. The highest BCUT2D eigenvalue weighted by atomic mass is 35.5. The third-order valence-corrected chi connectivity index (χ3v) is 4.34. The van der Waals surface area contributed by atoms with Gasteiger partial charge in [-0.2, -0.15) is 0 Å². The number of aromatic amines is 1. The van der Waals surface area contributed by atoms with Gasteiger partial charge in [0, 0.05) is 28.7 Å². The highest BCUT2D eigenvalue weighted by molar-refractivity contribution is 7.80. The van der Waals surface area contributed by atoms with E-state index in [1.807, 2.05) is 48.7 Å². The minimum absolute atomic E-state index is 0.552. The Balaban J connectivity index is 1.57. The third kappa shape index (κ3) is 3.96. The molecule has 0 amide bonds. The number of hydrogen-bond donors (Lipinski definition) is 3. The number of para-hydroxylation sites is 1. The molecule has 0 saturated heterocycles. The van der Waals surface area contributed by atoms with Crippen LogP contribution in [0.3, 0.4) is 0 Å². The number of anilines is 1. The molecule has 0 unspecified atom stereocenters. The van der Waals surface area contributed by atoms with Gasteiger partial charge in [0.15, 0.2) is 5.11 Å². The number of aromatic nitrogens is 1. The molecule has 118 valence electrons. The maximum absolute atomic E-state index is 6.10. The summed E-state index contributed by atoms with van der Waals surface area (Å²) < 4.78 is 0. The molecule has 6 heteroatoms. The zero-order valence-corrected chi connectivity index (χ0v) is 14.5. The van der Waals surface area contributed by atoms with Crippen LogP contribution >= 0.6 is 35.4 Å². The van der Waals surface area contributed by atoms with Crippen molar-refractivity contribution < 1.29 is 0 Å². The maximum Gasteiger partial charge on any atom is 0.170 e. The highest BCUT2D eigenvalue weighted by Gasteiger charge is 2.05. The van der Waals surface area contributed by atoms with Gasteiger partial charge in [-0.25, -0.2) is 0 Å². The van der Waals surface area contributed by atoms with Crippen LogP contribution in [0.2, 0.25) is 10.0 Å². The normalized spacial score (nSPS) is 10.7. The number of benzene rings is 2. The van der Waals surface area contributed by atoms with Gasteiger partial charge in [0.25, 0.3) is 0 Å². The average Bonchev–Trinajstić information content (AvgIpc) is 2.92. The fraction of sp³-hybridized carbons (Fsp3) is 0.118. The van der Waals surface area contributed by atoms with Gasteiger partial charge >= 0.3 is 0 Å². The van der Waals surface area contributed by atoms with E-state index in [-0.39, 0.29) is 0 Å². The van der Waals surface area contributed by atoms with Crippen LogP contribution in [0.5, 0.6) is 0 Å². The summed E-state index contributed by atoms with van der Waals surface area (Å²) in [5, 5.41) is 9.36. The van der Waals surface area contributed by atoms with Crippen LogP contribution in [0.4, 0.5) is 5.69 Å². The smallest absolute Gasteiger partial charge is 0.170 e. The standard InChI is InChI=1S/C17H15Cl2N3S/c18-12-5-6-15-13(9-12)11(10-21-15)7-8-20-17(23)22-16-4-2-1-3-14(16)19/h1-6,9-10,21H,7-8H2,(H2,20,22,23). The van der Waals surface area contributed by atoms with Crippen molar-refractivity contribution in [1.29, 1.82) is 0 Å². The molecule has 1 aromatic heterocycles. The Morgan fingerprint density at radius 3 is 2.78 bits per heavy atom. The molecule has 0 atom stereocenters. The number of nitrogens with one attached hydrogen (secondary N) is 3. The molecule has 1 heterocycles.